The Labute approximate surface area is 177 Å². The summed E-state index contributed by atoms with van der Waals surface area (Å²) in [6.45, 7) is 3.18. The van der Waals surface area contributed by atoms with Crippen LogP contribution < -0.4 is 14.8 Å². The molecule has 1 aromatic heterocycles. The van der Waals surface area contributed by atoms with Crippen LogP contribution in [0.5, 0.6) is 11.5 Å². The van der Waals surface area contributed by atoms with Crippen molar-refractivity contribution >= 4 is 12.0 Å². The van der Waals surface area contributed by atoms with Gasteiger partial charge in [0, 0.05) is 24.4 Å². The van der Waals surface area contributed by atoms with E-state index in [4.69, 9.17) is 9.47 Å². The first-order valence-electron chi connectivity index (χ1n) is 10.1. The van der Waals surface area contributed by atoms with E-state index in [2.05, 4.69) is 17.3 Å². The number of para-hydroxylation sites is 1. The zero-order valence-electron chi connectivity index (χ0n) is 17.4. The standard InChI is InChI=1S/C24H27N3O3/c1-3-4-14-30-22-12-10-19(15-23(22)29-2)11-13-24(28)25-16-20-17-26-27(18-20)21-8-6-5-7-9-21/h5-13,15,17-18H,3-4,14,16H2,1-2H3,(H,25,28)/b13-11+. The van der Waals surface area contributed by atoms with E-state index in [-0.39, 0.29) is 5.91 Å². The summed E-state index contributed by atoms with van der Waals surface area (Å²) in [5.41, 5.74) is 2.77. The molecule has 0 bridgehead atoms. The van der Waals surface area contributed by atoms with Crippen molar-refractivity contribution in [2.45, 2.75) is 26.3 Å². The van der Waals surface area contributed by atoms with Crippen molar-refractivity contribution in [2.75, 3.05) is 13.7 Å². The molecule has 0 fully saturated rings. The van der Waals surface area contributed by atoms with Crippen LogP contribution in [0.1, 0.15) is 30.9 Å². The number of rotatable bonds is 10. The van der Waals surface area contributed by atoms with Gasteiger partial charge in [-0.3, -0.25) is 4.79 Å². The van der Waals surface area contributed by atoms with Crippen molar-refractivity contribution < 1.29 is 14.3 Å². The molecule has 0 spiro atoms. The molecule has 156 valence electrons. The van der Waals surface area contributed by atoms with E-state index in [9.17, 15) is 4.79 Å². The van der Waals surface area contributed by atoms with Gasteiger partial charge in [0.1, 0.15) is 0 Å². The molecule has 6 heteroatoms. The van der Waals surface area contributed by atoms with E-state index >= 15 is 0 Å². The fraction of sp³-hybridized carbons (Fsp3) is 0.250. The smallest absolute Gasteiger partial charge is 0.244 e. The molecule has 0 aliphatic carbocycles. The summed E-state index contributed by atoms with van der Waals surface area (Å²) in [6, 6.07) is 15.5. The van der Waals surface area contributed by atoms with Crippen LogP contribution in [0, 0.1) is 0 Å². The predicted molar refractivity (Wildman–Crippen MR) is 118 cm³/mol. The lowest BCUT2D eigenvalue weighted by atomic mass is 10.2. The highest BCUT2D eigenvalue weighted by molar-refractivity contribution is 5.91. The summed E-state index contributed by atoms with van der Waals surface area (Å²) in [7, 11) is 1.61. The van der Waals surface area contributed by atoms with E-state index < -0.39 is 0 Å². The van der Waals surface area contributed by atoms with E-state index in [1.54, 1.807) is 24.1 Å². The van der Waals surface area contributed by atoms with E-state index in [1.165, 1.54) is 6.08 Å². The van der Waals surface area contributed by atoms with Crippen LogP contribution in [0.15, 0.2) is 67.0 Å². The molecule has 3 aromatic rings. The zero-order chi connectivity index (χ0) is 21.2. The van der Waals surface area contributed by atoms with Gasteiger partial charge in [-0.2, -0.15) is 5.10 Å². The molecule has 1 amide bonds. The molecule has 1 heterocycles. The molecule has 0 aliphatic heterocycles. The number of benzene rings is 2. The normalized spacial score (nSPS) is 10.9. The minimum atomic E-state index is -0.176. The van der Waals surface area contributed by atoms with E-state index in [0.717, 1.165) is 29.7 Å². The Morgan fingerprint density at radius 3 is 2.77 bits per heavy atom. The molecular weight excluding hydrogens is 378 g/mol. The van der Waals surface area contributed by atoms with Crippen molar-refractivity contribution in [1.29, 1.82) is 0 Å². The van der Waals surface area contributed by atoms with Gasteiger partial charge in [-0.1, -0.05) is 37.6 Å². The second kappa shape index (κ2) is 10.9. The maximum atomic E-state index is 12.2. The first-order chi connectivity index (χ1) is 14.7. The topological polar surface area (TPSA) is 65.4 Å². The lowest BCUT2D eigenvalue weighted by Crippen LogP contribution is -2.19. The third kappa shape index (κ3) is 5.98. The number of unbranched alkanes of at least 4 members (excludes halogenated alkanes) is 1. The number of carbonyl (C=O) groups excluding carboxylic acids is 1. The highest BCUT2D eigenvalue weighted by Gasteiger charge is 2.06. The van der Waals surface area contributed by atoms with Gasteiger partial charge in [0.2, 0.25) is 5.91 Å². The molecule has 6 nitrogen and oxygen atoms in total. The Kier molecular flexibility index (Phi) is 7.66. The highest BCUT2D eigenvalue weighted by Crippen LogP contribution is 2.28. The van der Waals surface area contributed by atoms with Gasteiger partial charge in [0.25, 0.3) is 0 Å². The Balaban J connectivity index is 1.54. The lowest BCUT2D eigenvalue weighted by molar-refractivity contribution is -0.116. The molecule has 0 aliphatic rings. The highest BCUT2D eigenvalue weighted by atomic mass is 16.5. The fourth-order valence-corrected chi connectivity index (χ4v) is 2.83. The Morgan fingerprint density at radius 1 is 1.17 bits per heavy atom. The molecule has 0 radical (unpaired) electrons. The minimum absolute atomic E-state index is 0.176. The van der Waals surface area contributed by atoms with Crippen LogP contribution in [0.25, 0.3) is 11.8 Å². The quantitative estimate of drug-likeness (QED) is 0.401. The summed E-state index contributed by atoms with van der Waals surface area (Å²) in [5, 5.41) is 7.21. The second-order valence-electron chi connectivity index (χ2n) is 6.79. The molecule has 0 atom stereocenters. The summed E-state index contributed by atoms with van der Waals surface area (Å²) >= 11 is 0. The molecule has 3 rings (SSSR count). The number of methoxy groups -OCH3 is 1. The SMILES string of the molecule is CCCCOc1ccc(/C=C/C(=O)NCc2cnn(-c3ccccc3)c2)cc1OC. The molecule has 0 saturated carbocycles. The van der Waals surface area contributed by atoms with Crippen LogP contribution >= 0.6 is 0 Å². The number of aromatic nitrogens is 2. The monoisotopic (exact) mass is 405 g/mol. The van der Waals surface area contributed by atoms with Gasteiger partial charge in [0.15, 0.2) is 11.5 Å². The van der Waals surface area contributed by atoms with Crippen molar-refractivity contribution in [2.24, 2.45) is 0 Å². The molecule has 2 aromatic carbocycles. The Bertz CT molecular complexity index is 980. The van der Waals surface area contributed by atoms with Gasteiger partial charge >= 0.3 is 0 Å². The third-order valence-corrected chi connectivity index (χ3v) is 4.49. The lowest BCUT2D eigenvalue weighted by Gasteiger charge is -2.10. The van der Waals surface area contributed by atoms with E-state index in [0.29, 0.717) is 24.7 Å². The average molecular weight is 405 g/mol. The third-order valence-electron chi connectivity index (χ3n) is 4.49. The van der Waals surface area contributed by atoms with Crippen molar-refractivity contribution in [3.8, 4) is 17.2 Å². The number of hydrogen-bond donors (Lipinski definition) is 1. The van der Waals surface area contributed by atoms with Gasteiger partial charge in [-0.05, 0) is 42.3 Å². The van der Waals surface area contributed by atoms with Gasteiger partial charge < -0.3 is 14.8 Å². The first-order valence-corrected chi connectivity index (χ1v) is 10.1. The van der Waals surface area contributed by atoms with Crippen molar-refractivity contribution in [3.05, 3.63) is 78.1 Å². The van der Waals surface area contributed by atoms with Crippen molar-refractivity contribution in [3.63, 3.8) is 0 Å². The predicted octanol–water partition coefficient (Wildman–Crippen LogP) is 4.39. The molecule has 0 unspecified atom stereocenters. The summed E-state index contributed by atoms with van der Waals surface area (Å²) in [6.07, 6.45) is 8.98. The average Bonchev–Trinajstić information content (AvgIpc) is 3.26. The summed E-state index contributed by atoms with van der Waals surface area (Å²) < 4.78 is 12.9. The maximum absolute atomic E-state index is 12.2. The van der Waals surface area contributed by atoms with Crippen LogP contribution in [0.2, 0.25) is 0 Å². The Hall–Kier alpha value is -3.54. The number of nitrogens with one attached hydrogen (secondary N) is 1. The summed E-state index contributed by atoms with van der Waals surface area (Å²) in [5.74, 6) is 1.19. The zero-order valence-corrected chi connectivity index (χ0v) is 17.4. The number of amides is 1. The van der Waals surface area contributed by atoms with Crippen molar-refractivity contribution in [1.82, 2.24) is 15.1 Å². The van der Waals surface area contributed by atoms with Crippen LogP contribution in [-0.4, -0.2) is 29.4 Å². The Morgan fingerprint density at radius 2 is 2.00 bits per heavy atom. The van der Waals surface area contributed by atoms with E-state index in [1.807, 2.05) is 54.7 Å². The molecule has 0 saturated heterocycles. The largest absolute Gasteiger partial charge is 0.493 e. The van der Waals surface area contributed by atoms with Crippen LogP contribution in [-0.2, 0) is 11.3 Å². The molecule has 1 N–H and O–H groups in total. The van der Waals surface area contributed by atoms with Gasteiger partial charge in [-0.25, -0.2) is 4.68 Å². The molecule has 30 heavy (non-hydrogen) atoms. The van der Waals surface area contributed by atoms with Crippen LogP contribution in [0.4, 0.5) is 0 Å². The van der Waals surface area contributed by atoms with Gasteiger partial charge in [0.05, 0.1) is 25.6 Å². The molecular formula is C24H27N3O3. The number of carbonyl (C=O) groups is 1. The number of hydrogen-bond acceptors (Lipinski definition) is 4. The van der Waals surface area contributed by atoms with Gasteiger partial charge in [-0.15, -0.1) is 0 Å². The summed E-state index contributed by atoms with van der Waals surface area (Å²) in [4.78, 5) is 12.2. The number of nitrogens with zero attached hydrogens (tertiary/aromatic N) is 2. The van der Waals surface area contributed by atoms with Crippen LogP contribution in [0.3, 0.4) is 0 Å². The first kappa shape index (κ1) is 21.2. The minimum Gasteiger partial charge on any atom is -0.493 e. The number of ether oxygens (including phenoxy) is 2. The second-order valence-corrected chi connectivity index (χ2v) is 6.79. The maximum Gasteiger partial charge on any atom is 0.244 e. The fourth-order valence-electron chi connectivity index (χ4n) is 2.83.